The van der Waals surface area contributed by atoms with Crippen LogP contribution < -0.4 is 10.1 Å². The van der Waals surface area contributed by atoms with Gasteiger partial charge in [-0.25, -0.2) is 8.42 Å². The third-order valence-electron chi connectivity index (χ3n) is 4.74. The Hall–Kier alpha value is -2.38. The first-order valence-corrected chi connectivity index (χ1v) is 11.1. The van der Waals surface area contributed by atoms with E-state index in [1.807, 2.05) is 25.1 Å². The lowest BCUT2D eigenvalue weighted by molar-refractivity contribution is -0.122. The number of piperidine rings is 1. The summed E-state index contributed by atoms with van der Waals surface area (Å²) in [6, 6.07) is 15.6. The number of anilines is 1. The molecule has 0 saturated carbocycles. The summed E-state index contributed by atoms with van der Waals surface area (Å²) in [6.07, 6.45) is 2.65. The Kier molecular flexibility index (Phi) is 6.70. The Morgan fingerprint density at radius 3 is 2.46 bits per heavy atom. The first-order valence-electron chi connectivity index (χ1n) is 9.63. The van der Waals surface area contributed by atoms with Crippen molar-refractivity contribution >= 4 is 21.6 Å². The largest absolute Gasteiger partial charge is 0.481 e. The Labute approximate surface area is 166 Å². The second-order valence-corrected chi connectivity index (χ2v) is 8.75. The van der Waals surface area contributed by atoms with Crippen molar-refractivity contribution in [3.8, 4) is 5.75 Å². The number of carbonyl (C=O) groups excluding carboxylic acids is 1. The zero-order chi connectivity index (χ0) is 20.0. The molecule has 0 aromatic heterocycles. The number of para-hydroxylation sites is 1. The van der Waals surface area contributed by atoms with Gasteiger partial charge in [0.1, 0.15) is 5.75 Å². The van der Waals surface area contributed by atoms with Crippen LogP contribution in [0.25, 0.3) is 0 Å². The van der Waals surface area contributed by atoms with Crippen LogP contribution in [0.4, 0.5) is 5.69 Å². The van der Waals surface area contributed by atoms with E-state index in [9.17, 15) is 13.2 Å². The summed E-state index contributed by atoms with van der Waals surface area (Å²) in [5, 5.41) is 2.78. The lowest BCUT2D eigenvalue weighted by Gasteiger charge is -2.26. The summed E-state index contributed by atoms with van der Waals surface area (Å²) in [6.45, 7) is 2.95. The molecule has 1 fully saturated rings. The highest BCUT2D eigenvalue weighted by Crippen LogP contribution is 2.23. The summed E-state index contributed by atoms with van der Waals surface area (Å²) < 4.78 is 33.0. The predicted molar refractivity (Wildman–Crippen MR) is 109 cm³/mol. The van der Waals surface area contributed by atoms with E-state index in [1.54, 1.807) is 30.3 Å². The third-order valence-corrected chi connectivity index (χ3v) is 6.63. The van der Waals surface area contributed by atoms with Crippen molar-refractivity contribution < 1.29 is 17.9 Å². The molecule has 1 heterocycles. The quantitative estimate of drug-likeness (QED) is 0.767. The van der Waals surface area contributed by atoms with Crippen LogP contribution in [-0.4, -0.2) is 37.8 Å². The van der Waals surface area contributed by atoms with Crippen molar-refractivity contribution in [1.82, 2.24) is 4.31 Å². The summed E-state index contributed by atoms with van der Waals surface area (Å²) in [5.41, 5.74) is 0.443. The molecule has 6 nitrogen and oxygen atoms in total. The molecule has 1 N–H and O–H groups in total. The Balaban J connectivity index is 1.72. The van der Waals surface area contributed by atoms with E-state index in [1.165, 1.54) is 10.4 Å². The number of rotatable bonds is 7. The fourth-order valence-electron chi connectivity index (χ4n) is 3.20. The van der Waals surface area contributed by atoms with Crippen molar-refractivity contribution in [2.45, 2.75) is 43.6 Å². The maximum absolute atomic E-state index is 12.8. The van der Waals surface area contributed by atoms with Crippen LogP contribution in [-0.2, 0) is 14.8 Å². The average Bonchev–Trinajstić information content (AvgIpc) is 2.73. The first kappa shape index (κ1) is 20.4. The van der Waals surface area contributed by atoms with Gasteiger partial charge in [0.25, 0.3) is 5.91 Å². The molecule has 150 valence electrons. The van der Waals surface area contributed by atoms with Crippen molar-refractivity contribution in [3.05, 3.63) is 54.6 Å². The van der Waals surface area contributed by atoms with Crippen LogP contribution >= 0.6 is 0 Å². The summed E-state index contributed by atoms with van der Waals surface area (Å²) in [4.78, 5) is 12.8. The molecule has 1 aliphatic heterocycles. The van der Waals surface area contributed by atoms with E-state index in [4.69, 9.17) is 4.74 Å². The highest BCUT2D eigenvalue weighted by Gasteiger charge is 2.26. The van der Waals surface area contributed by atoms with Crippen LogP contribution in [0, 0.1) is 0 Å². The van der Waals surface area contributed by atoms with Gasteiger partial charge < -0.3 is 10.1 Å². The molecule has 28 heavy (non-hydrogen) atoms. The molecule has 1 saturated heterocycles. The number of amides is 1. The highest BCUT2D eigenvalue weighted by molar-refractivity contribution is 7.89. The standard InChI is InChI=1S/C21H26N2O4S/c1-2-20(27-18-11-5-3-6-12-18)21(24)22-17-10-9-13-19(16-17)28(25,26)23-14-7-4-8-15-23/h3,5-6,9-13,16,20H,2,4,7-8,14-15H2,1H3,(H,22,24)/t20-/m1/s1. The van der Waals surface area contributed by atoms with Gasteiger partial charge in [0.2, 0.25) is 10.0 Å². The predicted octanol–water partition coefficient (Wildman–Crippen LogP) is 3.66. The molecule has 7 heteroatoms. The Morgan fingerprint density at radius 1 is 1.07 bits per heavy atom. The topological polar surface area (TPSA) is 75.7 Å². The number of hydrogen-bond donors (Lipinski definition) is 1. The van der Waals surface area contributed by atoms with Gasteiger partial charge in [-0.15, -0.1) is 0 Å². The third kappa shape index (κ3) is 4.91. The minimum absolute atomic E-state index is 0.198. The molecular weight excluding hydrogens is 376 g/mol. The van der Waals surface area contributed by atoms with E-state index in [-0.39, 0.29) is 10.8 Å². The van der Waals surface area contributed by atoms with Crippen LogP contribution in [0.2, 0.25) is 0 Å². The van der Waals surface area contributed by atoms with E-state index in [2.05, 4.69) is 5.32 Å². The zero-order valence-corrected chi connectivity index (χ0v) is 16.8. The van der Waals surface area contributed by atoms with Gasteiger partial charge in [0.15, 0.2) is 6.10 Å². The second kappa shape index (κ2) is 9.21. The molecule has 0 radical (unpaired) electrons. The van der Waals surface area contributed by atoms with Gasteiger partial charge in [-0.3, -0.25) is 4.79 Å². The Morgan fingerprint density at radius 2 is 1.79 bits per heavy atom. The molecule has 0 spiro atoms. The maximum Gasteiger partial charge on any atom is 0.265 e. The smallest absolute Gasteiger partial charge is 0.265 e. The molecule has 1 aliphatic rings. The van der Waals surface area contributed by atoms with Crippen molar-refractivity contribution in [3.63, 3.8) is 0 Å². The van der Waals surface area contributed by atoms with E-state index in [0.29, 0.717) is 30.9 Å². The lowest BCUT2D eigenvalue weighted by Crippen LogP contribution is -2.35. The lowest BCUT2D eigenvalue weighted by atomic mass is 10.2. The second-order valence-electron chi connectivity index (χ2n) is 6.81. The van der Waals surface area contributed by atoms with E-state index >= 15 is 0 Å². The number of sulfonamides is 1. The maximum atomic E-state index is 12.8. The summed E-state index contributed by atoms with van der Waals surface area (Å²) in [5.74, 6) is 0.310. The van der Waals surface area contributed by atoms with Gasteiger partial charge in [-0.1, -0.05) is 37.6 Å². The Bertz CT molecular complexity index is 894. The van der Waals surface area contributed by atoms with E-state index in [0.717, 1.165) is 19.3 Å². The van der Waals surface area contributed by atoms with Crippen molar-refractivity contribution in [2.24, 2.45) is 0 Å². The number of nitrogens with one attached hydrogen (secondary N) is 1. The van der Waals surface area contributed by atoms with Gasteiger partial charge >= 0.3 is 0 Å². The number of carbonyl (C=O) groups is 1. The molecule has 3 rings (SSSR count). The SMILES string of the molecule is CC[C@@H](Oc1ccccc1)C(=O)Nc1cccc(S(=O)(=O)N2CCCCC2)c1. The van der Waals surface area contributed by atoms with Crippen LogP contribution in [0.3, 0.4) is 0 Å². The van der Waals surface area contributed by atoms with E-state index < -0.39 is 16.1 Å². The van der Waals surface area contributed by atoms with Crippen LogP contribution in [0.1, 0.15) is 32.6 Å². The molecule has 2 aromatic rings. The van der Waals surface area contributed by atoms with Gasteiger partial charge in [0, 0.05) is 18.8 Å². The minimum atomic E-state index is -3.54. The molecule has 0 unspecified atom stereocenters. The fraction of sp³-hybridized carbons (Fsp3) is 0.381. The number of benzene rings is 2. The van der Waals surface area contributed by atoms with Crippen molar-refractivity contribution in [2.75, 3.05) is 18.4 Å². The minimum Gasteiger partial charge on any atom is -0.481 e. The molecule has 0 aliphatic carbocycles. The van der Waals surface area contributed by atoms with Crippen LogP contribution in [0.15, 0.2) is 59.5 Å². The summed E-state index contributed by atoms with van der Waals surface area (Å²) in [7, 11) is -3.54. The molecular formula is C21H26N2O4S. The molecule has 2 aromatic carbocycles. The average molecular weight is 403 g/mol. The van der Waals surface area contributed by atoms with Gasteiger partial charge in [-0.05, 0) is 49.6 Å². The van der Waals surface area contributed by atoms with Crippen LogP contribution in [0.5, 0.6) is 5.75 Å². The summed E-state index contributed by atoms with van der Waals surface area (Å²) >= 11 is 0. The molecule has 1 atom stereocenters. The fourth-order valence-corrected chi connectivity index (χ4v) is 4.76. The monoisotopic (exact) mass is 402 g/mol. The molecule has 1 amide bonds. The number of nitrogens with zero attached hydrogens (tertiary/aromatic N) is 1. The zero-order valence-electron chi connectivity index (χ0n) is 16.0. The number of hydrogen-bond acceptors (Lipinski definition) is 4. The van der Waals surface area contributed by atoms with Gasteiger partial charge in [-0.2, -0.15) is 4.31 Å². The van der Waals surface area contributed by atoms with Crippen molar-refractivity contribution in [1.29, 1.82) is 0 Å². The highest BCUT2D eigenvalue weighted by atomic mass is 32.2. The molecule has 0 bridgehead atoms. The first-order chi connectivity index (χ1) is 13.5. The normalized spacial score (nSPS) is 16.3. The van der Waals surface area contributed by atoms with Gasteiger partial charge in [0.05, 0.1) is 4.90 Å². The number of ether oxygens (including phenoxy) is 1.